The van der Waals surface area contributed by atoms with Gasteiger partial charge in [0.05, 0.1) is 5.69 Å². The summed E-state index contributed by atoms with van der Waals surface area (Å²) in [5, 5.41) is 0. The van der Waals surface area contributed by atoms with Crippen LogP contribution in [0.5, 0.6) is 5.75 Å². The average Bonchev–Trinajstić information content (AvgIpc) is 2.91. The van der Waals surface area contributed by atoms with Gasteiger partial charge >= 0.3 is 0 Å². The zero-order valence-electron chi connectivity index (χ0n) is 10.3. The Morgan fingerprint density at radius 2 is 2.11 bits per heavy atom. The summed E-state index contributed by atoms with van der Waals surface area (Å²) < 4.78 is 10.8. The van der Waals surface area contributed by atoms with Crippen molar-refractivity contribution in [3.8, 4) is 17.1 Å². The predicted molar refractivity (Wildman–Crippen MR) is 68.4 cm³/mol. The molecule has 1 aliphatic heterocycles. The Balaban J connectivity index is 2.02. The fraction of sp³-hybridized carbons (Fsp3) is 0.143. The highest BCUT2D eigenvalue weighted by atomic mass is 16.5. The molecule has 0 saturated carbocycles. The van der Waals surface area contributed by atoms with Crippen molar-refractivity contribution in [2.75, 3.05) is 18.6 Å². The minimum Gasteiger partial charge on any atom is -0.482 e. The van der Waals surface area contributed by atoms with E-state index in [2.05, 4.69) is 0 Å². The third-order valence-corrected chi connectivity index (χ3v) is 3.07. The van der Waals surface area contributed by atoms with Gasteiger partial charge in [-0.1, -0.05) is 0 Å². The third-order valence-electron chi connectivity index (χ3n) is 3.07. The highest BCUT2D eigenvalue weighted by Gasteiger charge is 2.22. The van der Waals surface area contributed by atoms with Crippen LogP contribution in [0.3, 0.4) is 0 Å². The molecule has 3 rings (SSSR count). The van der Waals surface area contributed by atoms with Gasteiger partial charge in [0.1, 0.15) is 11.5 Å². The lowest BCUT2D eigenvalue weighted by Crippen LogP contribution is -2.35. The number of hydrogen-bond donors (Lipinski definition) is 0. The number of anilines is 1. The molecule has 1 aromatic heterocycles. The van der Waals surface area contributed by atoms with Crippen LogP contribution in [0.2, 0.25) is 0 Å². The number of carbonyl (C=O) groups excluding carboxylic acids is 2. The first-order chi connectivity index (χ1) is 9.19. The number of furan rings is 1. The number of fused-ring (bicyclic) bond motifs is 1. The normalized spacial score (nSPS) is 13.9. The fourth-order valence-corrected chi connectivity index (χ4v) is 2.00. The molecule has 0 radical (unpaired) electrons. The summed E-state index contributed by atoms with van der Waals surface area (Å²) in [4.78, 5) is 23.7. The standard InChI is InChI=1S/C14H11NO4/c1-15-11-4-2-9(6-13(11)18-8-14(15)17)12-5-3-10(7-16)19-12/h2-7H,8H2,1H3. The van der Waals surface area contributed by atoms with Gasteiger partial charge in [-0.2, -0.15) is 0 Å². The van der Waals surface area contributed by atoms with Gasteiger partial charge in [0.2, 0.25) is 0 Å². The second-order valence-corrected chi connectivity index (χ2v) is 4.24. The van der Waals surface area contributed by atoms with Gasteiger partial charge in [-0.15, -0.1) is 0 Å². The van der Waals surface area contributed by atoms with Gasteiger partial charge in [-0.3, -0.25) is 9.59 Å². The van der Waals surface area contributed by atoms with E-state index in [1.54, 1.807) is 36.2 Å². The molecular weight excluding hydrogens is 246 g/mol. The molecule has 5 heteroatoms. The Hall–Kier alpha value is -2.56. The molecule has 0 aliphatic carbocycles. The summed E-state index contributed by atoms with van der Waals surface area (Å²) in [5.41, 5.74) is 1.52. The molecule has 1 amide bonds. The Morgan fingerprint density at radius 1 is 1.26 bits per heavy atom. The van der Waals surface area contributed by atoms with Gasteiger partial charge in [-0.05, 0) is 30.3 Å². The number of amides is 1. The van der Waals surface area contributed by atoms with Gasteiger partial charge in [0.25, 0.3) is 5.91 Å². The number of nitrogens with zero attached hydrogens (tertiary/aromatic N) is 1. The van der Waals surface area contributed by atoms with Crippen molar-refractivity contribution < 1.29 is 18.7 Å². The number of carbonyl (C=O) groups is 2. The Kier molecular flexibility index (Phi) is 2.59. The van der Waals surface area contributed by atoms with Crippen LogP contribution < -0.4 is 9.64 Å². The van der Waals surface area contributed by atoms with Crippen molar-refractivity contribution in [1.29, 1.82) is 0 Å². The molecule has 0 fully saturated rings. The number of likely N-dealkylation sites (N-methyl/N-ethyl adjacent to an activating group) is 1. The summed E-state index contributed by atoms with van der Waals surface area (Å²) in [6, 6.07) is 8.75. The van der Waals surface area contributed by atoms with Crippen LogP contribution in [0.25, 0.3) is 11.3 Å². The summed E-state index contributed by atoms with van der Waals surface area (Å²) in [7, 11) is 1.71. The summed E-state index contributed by atoms with van der Waals surface area (Å²) in [6.45, 7) is 0.0324. The number of benzene rings is 1. The first-order valence-corrected chi connectivity index (χ1v) is 5.78. The van der Waals surface area contributed by atoms with Crippen LogP contribution in [0.15, 0.2) is 34.7 Å². The van der Waals surface area contributed by atoms with Gasteiger partial charge in [0, 0.05) is 12.6 Å². The SMILES string of the molecule is CN1C(=O)COc2cc(-c3ccc(C=O)o3)ccc21. The minimum atomic E-state index is -0.0820. The lowest BCUT2D eigenvalue weighted by molar-refractivity contribution is -0.120. The van der Waals surface area contributed by atoms with E-state index in [0.717, 1.165) is 11.3 Å². The van der Waals surface area contributed by atoms with E-state index >= 15 is 0 Å². The van der Waals surface area contributed by atoms with E-state index in [4.69, 9.17) is 9.15 Å². The lowest BCUT2D eigenvalue weighted by atomic mass is 10.1. The van der Waals surface area contributed by atoms with Crippen molar-refractivity contribution in [1.82, 2.24) is 0 Å². The minimum absolute atomic E-state index is 0.0324. The topological polar surface area (TPSA) is 59.8 Å². The van der Waals surface area contributed by atoms with Crippen LogP contribution in [-0.2, 0) is 4.79 Å². The number of rotatable bonds is 2. The molecule has 0 N–H and O–H groups in total. The molecule has 0 spiro atoms. The number of ether oxygens (including phenoxy) is 1. The van der Waals surface area contributed by atoms with Crippen molar-refractivity contribution in [2.45, 2.75) is 0 Å². The first-order valence-electron chi connectivity index (χ1n) is 5.78. The highest BCUT2D eigenvalue weighted by Crippen LogP contribution is 2.35. The van der Waals surface area contributed by atoms with Gasteiger partial charge in [-0.25, -0.2) is 0 Å². The molecule has 96 valence electrons. The van der Waals surface area contributed by atoms with Crippen molar-refractivity contribution in [2.24, 2.45) is 0 Å². The molecule has 0 unspecified atom stereocenters. The van der Waals surface area contributed by atoms with E-state index in [1.807, 2.05) is 6.07 Å². The molecule has 5 nitrogen and oxygen atoms in total. The molecule has 0 saturated heterocycles. The maximum Gasteiger partial charge on any atom is 0.264 e. The quantitative estimate of drug-likeness (QED) is 0.773. The molecular formula is C14H11NO4. The van der Waals surface area contributed by atoms with Gasteiger partial charge in [0.15, 0.2) is 18.7 Å². The van der Waals surface area contributed by atoms with E-state index in [-0.39, 0.29) is 18.3 Å². The molecule has 0 bridgehead atoms. The fourth-order valence-electron chi connectivity index (χ4n) is 2.00. The Morgan fingerprint density at radius 3 is 2.84 bits per heavy atom. The zero-order chi connectivity index (χ0) is 13.4. The zero-order valence-corrected chi connectivity index (χ0v) is 10.3. The van der Waals surface area contributed by atoms with Gasteiger partial charge < -0.3 is 14.1 Å². The van der Waals surface area contributed by atoms with Crippen LogP contribution in [0, 0.1) is 0 Å². The number of hydrogen-bond acceptors (Lipinski definition) is 4. The van der Waals surface area contributed by atoms with E-state index in [1.165, 1.54) is 0 Å². The summed E-state index contributed by atoms with van der Waals surface area (Å²) in [6.07, 6.45) is 0.658. The average molecular weight is 257 g/mol. The second kappa shape index (κ2) is 4.28. The van der Waals surface area contributed by atoms with E-state index in [0.29, 0.717) is 17.8 Å². The van der Waals surface area contributed by atoms with Crippen LogP contribution in [0.1, 0.15) is 10.6 Å². The van der Waals surface area contributed by atoms with Crippen LogP contribution in [-0.4, -0.2) is 25.8 Å². The number of aldehydes is 1. The maximum atomic E-state index is 11.5. The van der Waals surface area contributed by atoms with Crippen LogP contribution in [0.4, 0.5) is 5.69 Å². The molecule has 19 heavy (non-hydrogen) atoms. The molecule has 1 aliphatic rings. The third kappa shape index (κ3) is 1.89. The van der Waals surface area contributed by atoms with E-state index < -0.39 is 0 Å². The van der Waals surface area contributed by atoms with Crippen LogP contribution >= 0.6 is 0 Å². The molecule has 2 aromatic rings. The predicted octanol–water partition coefficient (Wildman–Crippen LogP) is 2.11. The monoisotopic (exact) mass is 257 g/mol. The molecule has 2 heterocycles. The smallest absolute Gasteiger partial charge is 0.264 e. The Bertz CT molecular complexity index is 659. The second-order valence-electron chi connectivity index (χ2n) is 4.24. The van der Waals surface area contributed by atoms with Crippen molar-refractivity contribution in [3.05, 3.63) is 36.1 Å². The molecule has 1 aromatic carbocycles. The highest BCUT2D eigenvalue weighted by molar-refractivity contribution is 5.97. The summed E-state index contributed by atoms with van der Waals surface area (Å²) >= 11 is 0. The Labute approximate surface area is 109 Å². The van der Waals surface area contributed by atoms with Crippen molar-refractivity contribution in [3.63, 3.8) is 0 Å². The maximum absolute atomic E-state index is 11.5. The molecule has 0 atom stereocenters. The van der Waals surface area contributed by atoms with E-state index in [9.17, 15) is 9.59 Å². The summed E-state index contributed by atoms with van der Waals surface area (Å²) in [5.74, 6) is 1.42. The first kappa shape index (κ1) is 11.5. The lowest BCUT2D eigenvalue weighted by Gasteiger charge is -2.26. The largest absolute Gasteiger partial charge is 0.482 e. The van der Waals surface area contributed by atoms with Crippen molar-refractivity contribution >= 4 is 17.9 Å².